The van der Waals surface area contributed by atoms with E-state index >= 15 is 0 Å². The van der Waals surface area contributed by atoms with Crippen LogP contribution in [0.2, 0.25) is 0 Å². The molecule has 3 rings (SSSR count). The molecule has 0 radical (unpaired) electrons. The van der Waals surface area contributed by atoms with Gasteiger partial charge in [0.1, 0.15) is 5.75 Å². The molecule has 1 fully saturated rings. The average molecular weight is 314 g/mol. The molecule has 23 heavy (non-hydrogen) atoms. The van der Waals surface area contributed by atoms with Crippen molar-refractivity contribution in [1.29, 1.82) is 0 Å². The number of aromatic nitrogens is 1. The van der Waals surface area contributed by atoms with Crippen molar-refractivity contribution in [2.45, 2.75) is 26.3 Å². The molecule has 1 aliphatic heterocycles. The summed E-state index contributed by atoms with van der Waals surface area (Å²) in [5.74, 6) is 1.57. The van der Waals surface area contributed by atoms with E-state index in [1.54, 1.807) is 7.11 Å². The van der Waals surface area contributed by atoms with Gasteiger partial charge in [0.25, 0.3) is 0 Å². The van der Waals surface area contributed by atoms with Gasteiger partial charge >= 0.3 is 0 Å². The summed E-state index contributed by atoms with van der Waals surface area (Å²) in [6.45, 7) is 6.74. The molecule has 4 heteroatoms. The van der Waals surface area contributed by atoms with Crippen molar-refractivity contribution in [2.75, 3.05) is 33.4 Å². The summed E-state index contributed by atoms with van der Waals surface area (Å²) in [4.78, 5) is 7.31. The highest BCUT2D eigenvalue weighted by Crippen LogP contribution is 2.22. The molecule has 124 valence electrons. The first-order valence-corrected chi connectivity index (χ1v) is 8.52. The molecule has 1 unspecified atom stereocenters. The summed E-state index contributed by atoms with van der Waals surface area (Å²) in [7, 11) is 1.79. The first kappa shape index (κ1) is 16.2. The molecule has 2 aromatic rings. The van der Waals surface area contributed by atoms with Gasteiger partial charge in [-0.15, -0.1) is 0 Å². The van der Waals surface area contributed by atoms with E-state index < -0.39 is 0 Å². The number of piperidine rings is 1. The lowest BCUT2D eigenvalue weighted by molar-refractivity contribution is 0.0868. The van der Waals surface area contributed by atoms with Gasteiger partial charge in [0.15, 0.2) is 0 Å². The summed E-state index contributed by atoms with van der Waals surface area (Å²) in [5.41, 5.74) is 2.18. The summed E-state index contributed by atoms with van der Waals surface area (Å²) in [5, 5.41) is 1.13. The van der Waals surface area contributed by atoms with Crippen molar-refractivity contribution in [3.8, 4) is 5.75 Å². The van der Waals surface area contributed by atoms with Crippen LogP contribution >= 0.6 is 0 Å². The van der Waals surface area contributed by atoms with E-state index in [0.717, 1.165) is 48.6 Å². The maximum atomic E-state index is 5.55. The predicted molar refractivity (Wildman–Crippen MR) is 92.8 cm³/mol. The van der Waals surface area contributed by atoms with E-state index in [2.05, 4.69) is 23.1 Å². The Kier molecular flexibility index (Phi) is 5.47. The third kappa shape index (κ3) is 4.21. The van der Waals surface area contributed by atoms with Crippen LogP contribution < -0.4 is 4.74 Å². The lowest BCUT2D eigenvalue weighted by Crippen LogP contribution is -2.36. The van der Waals surface area contributed by atoms with E-state index in [9.17, 15) is 0 Å². The fourth-order valence-corrected chi connectivity index (χ4v) is 3.39. The van der Waals surface area contributed by atoms with E-state index in [1.807, 2.05) is 19.1 Å². The molecule has 1 atom stereocenters. The van der Waals surface area contributed by atoms with Crippen LogP contribution in [-0.4, -0.2) is 43.3 Å². The normalized spacial score (nSPS) is 19.1. The number of hydrogen-bond acceptors (Lipinski definition) is 4. The standard InChI is InChI=1S/C19H26N2O2/c1-3-23-18-8-9-19-16(11-18)6-7-17(20-19)13-21-10-4-5-15(12-21)14-22-2/h6-9,11,15H,3-5,10,12-14H2,1-2H3. The number of likely N-dealkylation sites (tertiary alicyclic amines) is 1. The Balaban J connectivity index is 1.69. The maximum absolute atomic E-state index is 5.55. The lowest BCUT2D eigenvalue weighted by Gasteiger charge is -2.32. The fraction of sp³-hybridized carbons (Fsp3) is 0.526. The van der Waals surface area contributed by atoms with E-state index in [4.69, 9.17) is 14.5 Å². The summed E-state index contributed by atoms with van der Waals surface area (Å²) in [6.07, 6.45) is 2.52. The topological polar surface area (TPSA) is 34.6 Å². The molecule has 1 aliphatic rings. The second-order valence-corrected chi connectivity index (χ2v) is 6.29. The van der Waals surface area contributed by atoms with Crippen LogP contribution in [0.3, 0.4) is 0 Å². The fourth-order valence-electron chi connectivity index (χ4n) is 3.39. The zero-order chi connectivity index (χ0) is 16.1. The van der Waals surface area contributed by atoms with Crippen molar-refractivity contribution in [3.05, 3.63) is 36.0 Å². The van der Waals surface area contributed by atoms with Gasteiger partial charge in [0.05, 0.1) is 24.4 Å². The summed E-state index contributed by atoms with van der Waals surface area (Å²) >= 11 is 0. The molecule has 1 saturated heterocycles. The minimum atomic E-state index is 0.656. The molecule has 1 aromatic heterocycles. The predicted octanol–water partition coefficient (Wildman–Crippen LogP) is 3.49. The van der Waals surface area contributed by atoms with Gasteiger partial charge in [-0.2, -0.15) is 0 Å². The maximum Gasteiger partial charge on any atom is 0.120 e. The Labute approximate surface area is 138 Å². The van der Waals surface area contributed by atoms with Crippen molar-refractivity contribution in [3.63, 3.8) is 0 Å². The Hall–Kier alpha value is -1.65. The Morgan fingerprint density at radius 1 is 1.26 bits per heavy atom. The van der Waals surface area contributed by atoms with Crippen molar-refractivity contribution >= 4 is 10.9 Å². The van der Waals surface area contributed by atoms with Crippen LogP contribution in [-0.2, 0) is 11.3 Å². The van der Waals surface area contributed by atoms with Gasteiger partial charge in [-0.05, 0) is 56.5 Å². The number of fused-ring (bicyclic) bond motifs is 1. The van der Waals surface area contributed by atoms with Crippen molar-refractivity contribution in [2.24, 2.45) is 5.92 Å². The highest BCUT2D eigenvalue weighted by molar-refractivity contribution is 5.80. The van der Waals surface area contributed by atoms with Gasteiger partial charge < -0.3 is 9.47 Å². The monoisotopic (exact) mass is 314 g/mol. The van der Waals surface area contributed by atoms with Crippen LogP contribution in [0.25, 0.3) is 10.9 Å². The number of rotatable bonds is 6. The average Bonchev–Trinajstić information content (AvgIpc) is 2.56. The second kappa shape index (κ2) is 7.75. The van der Waals surface area contributed by atoms with Crippen LogP contribution in [0.4, 0.5) is 0 Å². The number of nitrogens with zero attached hydrogens (tertiary/aromatic N) is 2. The number of pyridine rings is 1. The number of benzene rings is 1. The van der Waals surface area contributed by atoms with E-state index in [0.29, 0.717) is 12.5 Å². The third-order valence-electron chi connectivity index (χ3n) is 4.42. The number of hydrogen-bond donors (Lipinski definition) is 0. The van der Waals surface area contributed by atoms with Gasteiger partial charge in [0.2, 0.25) is 0 Å². The smallest absolute Gasteiger partial charge is 0.120 e. The third-order valence-corrected chi connectivity index (χ3v) is 4.42. The molecular formula is C19H26N2O2. The first-order valence-electron chi connectivity index (χ1n) is 8.52. The Morgan fingerprint density at radius 2 is 2.17 bits per heavy atom. The Bertz CT molecular complexity index is 642. The molecular weight excluding hydrogens is 288 g/mol. The quantitative estimate of drug-likeness (QED) is 0.817. The first-order chi connectivity index (χ1) is 11.3. The van der Waals surface area contributed by atoms with Crippen molar-refractivity contribution in [1.82, 2.24) is 9.88 Å². The van der Waals surface area contributed by atoms with Crippen molar-refractivity contribution < 1.29 is 9.47 Å². The molecule has 4 nitrogen and oxygen atoms in total. The molecule has 1 aromatic carbocycles. The zero-order valence-electron chi connectivity index (χ0n) is 14.1. The zero-order valence-corrected chi connectivity index (χ0v) is 14.1. The van der Waals surface area contributed by atoms with Crippen LogP contribution in [0, 0.1) is 5.92 Å². The van der Waals surface area contributed by atoms with Gasteiger partial charge in [0, 0.05) is 25.6 Å². The minimum Gasteiger partial charge on any atom is -0.494 e. The second-order valence-electron chi connectivity index (χ2n) is 6.29. The molecule has 0 aliphatic carbocycles. The number of methoxy groups -OCH3 is 1. The molecule has 0 spiro atoms. The SMILES string of the molecule is CCOc1ccc2nc(CN3CCCC(COC)C3)ccc2c1. The molecule has 0 amide bonds. The van der Waals surface area contributed by atoms with Gasteiger partial charge in [-0.1, -0.05) is 6.07 Å². The van der Waals surface area contributed by atoms with Gasteiger partial charge in [-0.3, -0.25) is 9.88 Å². The van der Waals surface area contributed by atoms with Crippen LogP contribution in [0.15, 0.2) is 30.3 Å². The highest BCUT2D eigenvalue weighted by Gasteiger charge is 2.20. The molecule has 0 saturated carbocycles. The Morgan fingerprint density at radius 3 is 3.00 bits per heavy atom. The van der Waals surface area contributed by atoms with E-state index in [-0.39, 0.29) is 0 Å². The largest absolute Gasteiger partial charge is 0.494 e. The van der Waals surface area contributed by atoms with Gasteiger partial charge in [-0.25, -0.2) is 0 Å². The minimum absolute atomic E-state index is 0.656. The number of ether oxygens (including phenoxy) is 2. The van der Waals surface area contributed by atoms with Crippen LogP contribution in [0.5, 0.6) is 5.75 Å². The molecule has 2 heterocycles. The highest BCUT2D eigenvalue weighted by atomic mass is 16.5. The van der Waals surface area contributed by atoms with E-state index in [1.165, 1.54) is 12.8 Å². The summed E-state index contributed by atoms with van der Waals surface area (Å²) in [6, 6.07) is 10.4. The molecule has 0 bridgehead atoms. The summed E-state index contributed by atoms with van der Waals surface area (Å²) < 4.78 is 10.9. The molecule has 0 N–H and O–H groups in total. The van der Waals surface area contributed by atoms with Crippen LogP contribution in [0.1, 0.15) is 25.5 Å². The lowest BCUT2D eigenvalue weighted by atomic mass is 9.99.